The molecule has 4 atom stereocenters. The number of nitrogens with one attached hydrogen (secondary N) is 1. The number of hydrogen-bond acceptors (Lipinski definition) is 6. The molecule has 2 aromatic carbocycles. The third-order valence-electron chi connectivity index (χ3n) is 11.7. The molecular weight excluding hydrogens is 626 g/mol. The lowest BCUT2D eigenvalue weighted by Crippen LogP contribution is -2.51. The lowest BCUT2D eigenvalue weighted by molar-refractivity contribution is 0.0603. The Kier molecular flexibility index (Phi) is 7.67. The van der Waals surface area contributed by atoms with E-state index in [1.807, 2.05) is 48.2 Å². The van der Waals surface area contributed by atoms with E-state index in [1.54, 1.807) is 7.11 Å². The van der Waals surface area contributed by atoms with Crippen LogP contribution >= 0.6 is 0 Å². The van der Waals surface area contributed by atoms with Gasteiger partial charge in [0.2, 0.25) is 0 Å². The molecule has 2 amide bonds. The second-order valence-corrected chi connectivity index (χ2v) is 14.9. The van der Waals surface area contributed by atoms with Gasteiger partial charge in [-0.25, -0.2) is 9.97 Å². The van der Waals surface area contributed by atoms with E-state index in [4.69, 9.17) is 20.4 Å². The van der Waals surface area contributed by atoms with Gasteiger partial charge in [0, 0.05) is 47.7 Å². The molecule has 50 heavy (non-hydrogen) atoms. The largest absolute Gasteiger partial charge is 0.494 e. The Labute approximate surface area is 292 Å². The summed E-state index contributed by atoms with van der Waals surface area (Å²) in [5, 5.41) is 4.24. The van der Waals surface area contributed by atoms with Crippen LogP contribution in [0.5, 0.6) is 5.75 Å². The van der Waals surface area contributed by atoms with Crippen LogP contribution in [0.4, 0.5) is 0 Å². The van der Waals surface area contributed by atoms with Crippen molar-refractivity contribution >= 4 is 33.9 Å². The van der Waals surface area contributed by atoms with Crippen molar-refractivity contribution in [2.75, 3.05) is 13.7 Å². The Hall–Kier alpha value is -4.70. The molecule has 2 aliphatic heterocycles. The van der Waals surface area contributed by atoms with E-state index in [0.29, 0.717) is 29.8 Å². The van der Waals surface area contributed by atoms with Gasteiger partial charge in [0.05, 0.1) is 30.1 Å². The molecule has 0 radical (unpaired) electrons. The summed E-state index contributed by atoms with van der Waals surface area (Å²) in [5.41, 5.74) is 13.4. The van der Waals surface area contributed by atoms with Crippen LogP contribution in [0.1, 0.15) is 102 Å². The van der Waals surface area contributed by atoms with E-state index in [-0.39, 0.29) is 29.9 Å². The molecule has 4 bridgehead atoms. The van der Waals surface area contributed by atoms with Crippen molar-refractivity contribution in [1.82, 2.24) is 29.3 Å². The molecule has 2 saturated carbocycles. The van der Waals surface area contributed by atoms with Crippen molar-refractivity contribution in [3.05, 3.63) is 77.0 Å². The molecule has 258 valence electrons. The molecule has 10 nitrogen and oxygen atoms in total. The number of rotatable bonds is 4. The van der Waals surface area contributed by atoms with Crippen molar-refractivity contribution in [1.29, 1.82) is 0 Å². The van der Waals surface area contributed by atoms with Crippen LogP contribution in [0.15, 0.2) is 54.6 Å². The highest BCUT2D eigenvalue weighted by molar-refractivity contribution is 6.00. The van der Waals surface area contributed by atoms with Gasteiger partial charge in [-0.05, 0) is 106 Å². The normalized spacial score (nSPS) is 24.0. The van der Waals surface area contributed by atoms with E-state index in [2.05, 4.69) is 32.7 Å². The quantitative estimate of drug-likeness (QED) is 0.223. The SMILES string of the molecule is COc1cc(C(=O)N2C[C@H](N)[C@@H]3CC[C@H]2C3)cc2nc(-c3cc4ccc5nc4n3CCCCCc3ccccc3C(=O)N[C@@H]5C)n(C3CC3)c12. The fourth-order valence-electron chi connectivity index (χ4n) is 8.81. The van der Waals surface area contributed by atoms with Gasteiger partial charge in [0.15, 0.2) is 5.82 Å². The number of ether oxygens (including phenoxy) is 1. The van der Waals surface area contributed by atoms with Crippen molar-refractivity contribution in [3.63, 3.8) is 0 Å². The Bertz CT molecular complexity index is 2150. The van der Waals surface area contributed by atoms with Crippen LogP contribution in [0.3, 0.4) is 0 Å². The lowest BCUT2D eigenvalue weighted by atomic mass is 9.94. The highest BCUT2D eigenvalue weighted by atomic mass is 16.5. The number of imidazole rings is 1. The van der Waals surface area contributed by atoms with E-state index < -0.39 is 0 Å². The number of fused-ring (bicyclic) bond motifs is 5. The summed E-state index contributed by atoms with van der Waals surface area (Å²) < 4.78 is 10.7. The Morgan fingerprint density at radius 1 is 0.980 bits per heavy atom. The molecular formula is C40H45N7O3. The fraction of sp³-hybridized carbons (Fsp3) is 0.450. The van der Waals surface area contributed by atoms with Gasteiger partial charge >= 0.3 is 0 Å². The number of methoxy groups -OCH3 is 1. The molecule has 3 aromatic heterocycles. The summed E-state index contributed by atoms with van der Waals surface area (Å²) in [6, 6.07) is 18.4. The lowest BCUT2D eigenvalue weighted by Gasteiger charge is -2.37. The number of benzene rings is 2. The van der Waals surface area contributed by atoms with Gasteiger partial charge in [-0.1, -0.05) is 24.6 Å². The predicted octanol–water partition coefficient (Wildman–Crippen LogP) is 6.57. The number of carbonyl (C=O) groups is 2. The average molecular weight is 672 g/mol. The van der Waals surface area contributed by atoms with E-state index in [1.165, 1.54) is 0 Å². The molecule has 5 aromatic rings. The van der Waals surface area contributed by atoms with Crippen LogP contribution in [0.2, 0.25) is 0 Å². The number of nitrogens with zero attached hydrogens (tertiary/aromatic N) is 5. The van der Waals surface area contributed by atoms with Crippen LogP contribution in [-0.4, -0.2) is 61.6 Å². The number of amides is 2. The molecule has 5 heterocycles. The number of pyridine rings is 1. The molecule has 0 unspecified atom stereocenters. The maximum Gasteiger partial charge on any atom is 0.254 e. The smallest absolute Gasteiger partial charge is 0.254 e. The van der Waals surface area contributed by atoms with Crippen LogP contribution in [-0.2, 0) is 13.0 Å². The number of aryl methyl sites for hydroxylation is 2. The zero-order valence-corrected chi connectivity index (χ0v) is 28.9. The van der Waals surface area contributed by atoms with Crippen molar-refractivity contribution < 1.29 is 14.3 Å². The highest BCUT2D eigenvalue weighted by Crippen LogP contribution is 2.45. The summed E-state index contributed by atoms with van der Waals surface area (Å²) in [4.78, 5) is 40.0. The van der Waals surface area contributed by atoms with E-state index in [0.717, 1.165) is 115 Å². The minimum atomic E-state index is -0.268. The minimum Gasteiger partial charge on any atom is -0.494 e. The second-order valence-electron chi connectivity index (χ2n) is 14.9. The molecule has 3 fully saturated rings. The fourth-order valence-corrected chi connectivity index (χ4v) is 8.81. The van der Waals surface area contributed by atoms with Gasteiger partial charge in [-0.2, -0.15) is 0 Å². The molecule has 2 aliphatic carbocycles. The molecule has 9 rings (SSSR count). The first-order valence-electron chi connectivity index (χ1n) is 18.4. The summed E-state index contributed by atoms with van der Waals surface area (Å²) in [6.45, 7) is 3.39. The van der Waals surface area contributed by atoms with Gasteiger partial charge < -0.3 is 29.8 Å². The van der Waals surface area contributed by atoms with Gasteiger partial charge in [-0.3, -0.25) is 9.59 Å². The Balaban J connectivity index is 1.14. The molecule has 10 heteroatoms. The first kappa shape index (κ1) is 31.3. The monoisotopic (exact) mass is 671 g/mol. The molecule has 4 aliphatic rings. The predicted molar refractivity (Wildman–Crippen MR) is 193 cm³/mol. The average Bonchev–Trinajstić information content (AvgIpc) is 3.60. The Morgan fingerprint density at radius 3 is 2.66 bits per heavy atom. The minimum absolute atomic E-state index is 0.0105. The van der Waals surface area contributed by atoms with Crippen molar-refractivity contribution in [3.8, 4) is 17.3 Å². The van der Waals surface area contributed by atoms with Crippen LogP contribution in [0.25, 0.3) is 33.6 Å². The van der Waals surface area contributed by atoms with Crippen LogP contribution < -0.4 is 15.8 Å². The number of nitrogens with two attached hydrogens (primary N) is 1. The van der Waals surface area contributed by atoms with Gasteiger partial charge in [0.25, 0.3) is 11.8 Å². The Morgan fingerprint density at radius 2 is 1.82 bits per heavy atom. The van der Waals surface area contributed by atoms with Crippen LogP contribution in [0, 0.1) is 5.92 Å². The van der Waals surface area contributed by atoms with Crippen molar-refractivity contribution in [2.45, 2.75) is 95.4 Å². The number of carbonyl (C=O) groups excluding carboxylic acids is 2. The molecule has 0 spiro atoms. The first-order chi connectivity index (χ1) is 24.4. The zero-order valence-electron chi connectivity index (χ0n) is 28.9. The summed E-state index contributed by atoms with van der Waals surface area (Å²) in [7, 11) is 1.68. The second kappa shape index (κ2) is 12.3. The summed E-state index contributed by atoms with van der Waals surface area (Å²) in [6.07, 6.45) is 9.08. The van der Waals surface area contributed by atoms with E-state index >= 15 is 0 Å². The zero-order chi connectivity index (χ0) is 34.1. The third-order valence-corrected chi connectivity index (χ3v) is 11.7. The number of hydrogen-bond donors (Lipinski definition) is 2. The number of piperidine rings is 1. The molecule has 3 N–H and O–H groups in total. The first-order valence-corrected chi connectivity index (χ1v) is 18.4. The maximum absolute atomic E-state index is 14.1. The standard InChI is InChI=1S/C40H45N7O3/c1-23-32-16-12-26-20-34(45(37(26)43-32)17-7-3-4-8-24-9-5-6-10-30(24)39(48)42-23)38-44-33-19-27(21-35(50-2)36(33)47(38)28-14-15-28)40(49)46-22-31(41)25-11-13-29(46)18-25/h5-6,9-10,12,16,19-21,23,25,28-29,31H,3-4,7-8,11,13-15,17-18,22,41H2,1-2H3,(H,42,48)/t23-,25-,29+,31+/m1/s1. The van der Waals surface area contributed by atoms with Gasteiger partial charge in [0.1, 0.15) is 16.9 Å². The maximum atomic E-state index is 14.1. The number of likely N-dealkylation sites (tertiary alicyclic amines) is 1. The number of aromatic nitrogens is 4. The van der Waals surface area contributed by atoms with Gasteiger partial charge in [-0.15, -0.1) is 0 Å². The van der Waals surface area contributed by atoms with Crippen molar-refractivity contribution in [2.24, 2.45) is 11.7 Å². The third kappa shape index (κ3) is 5.27. The molecule has 1 saturated heterocycles. The van der Waals surface area contributed by atoms with E-state index in [9.17, 15) is 9.59 Å². The summed E-state index contributed by atoms with van der Waals surface area (Å²) in [5.74, 6) is 2.01. The topological polar surface area (TPSA) is 120 Å². The highest BCUT2D eigenvalue weighted by Gasteiger charge is 2.41. The summed E-state index contributed by atoms with van der Waals surface area (Å²) >= 11 is 0.